The highest BCUT2D eigenvalue weighted by atomic mass is 32.1. The first-order valence-electron chi connectivity index (χ1n) is 11.8. The topological polar surface area (TPSA) is 135 Å². The number of nitrogens with one attached hydrogen (secondary N) is 2. The van der Waals surface area contributed by atoms with Crippen LogP contribution in [0, 0.1) is 11.3 Å². The summed E-state index contributed by atoms with van der Waals surface area (Å²) in [5.74, 6) is -0.412. The van der Waals surface area contributed by atoms with Crippen molar-refractivity contribution in [1.29, 1.82) is 5.26 Å². The van der Waals surface area contributed by atoms with Crippen molar-refractivity contribution in [3.05, 3.63) is 52.0 Å². The number of benzene rings is 1. The molecule has 2 amide bonds. The number of alkyl halides is 3. The molecule has 2 aromatic heterocycles. The van der Waals surface area contributed by atoms with Gasteiger partial charge in [-0.15, -0.1) is 18.3 Å². The lowest BCUT2D eigenvalue weighted by Crippen LogP contribution is -2.29. The smallest absolute Gasteiger partial charge is 0.406 e. The molecule has 0 unspecified atom stereocenters. The average molecular weight is 546 g/mol. The molecule has 2 aliphatic rings. The summed E-state index contributed by atoms with van der Waals surface area (Å²) in [6, 6.07) is 4.95. The Balaban J connectivity index is 1.44. The summed E-state index contributed by atoms with van der Waals surface area (Å²) < 4.78 is 44.4. The number of halogens is 3. The van der Waals surface area contributed by atoms with Crippen molar-refractivity contribution < 1.29 is 27.5 Å². The van der Waals surface area contributed by atoms with Crippen molar-refractivity contribution in [2.75, 3.05) is 7.05 Å². The normalized spacial score (nSPS) is 16.8. The highest BCUT2D eigenvalue weighted by Gasteiger charge is 2.46. The standard InChI is InChI=1S/C24H22F3N7O3S/c1-12(19-32-18(13-3-4-13)33-34(19)22-30-10-17(38-22)21(36)29-2)31-20(35)14-7-15(23(11-28)5-6-23)9-16(8-14)37-24(25,26)27/h7-10,12-13H,3-6H2,1-2H3,(H,29,36)(H,31,35)/t12-/m0/s1. The molecule has 0 aliphatic heterocycles. The second kappa shape index (κ2) is 9.39. The maximum absolute atomic E-state index is 13.2. The first-order valence-corrected chi connectivity index (χ1v) is 12.6. The number of carbonyl (C=O) groups is 2. The number of rotatable bonds is 8. The fraction of sp³-hybridized carbons (Fsp3) is 0.417. The van der Waals surface area contributed by atoms with E-state index in [0.717, 1.165) is 36.3 Å². The molecule has 2 aliphatic carbocycles. The molecule has 2 N–H and O–H groups in total. The third kappa shape index (κ3) is 5.19. The average Bonchev–Trinajstić information content (AvgIpc) is 3.78. The minimum Gasteiger partial charge on any atom is -0.406 e. The first-order chi connectivity index (χ1) is 18.0. The van der Waals surface area contributed by atoms with Gasteiger partial charge in [0.2, 0.25) is 5.13 Å². The van der Waals surface area contributed by atoms with E-state index in [1.54, 1.807) is 6.92 Å². The van der Waals surface area contributed by atoms with Crippen LogP contribution in [0.15, 0.2) is 24.4 Å². The fourth-order valence-electron chi connectivity index (χ4n) is 4.00. The fourth-order valence-corrected chi connectivity index (χ4v) is 4.82. The molecule has 0 bridgehead atoms. The molecule has 2 saturated carbocycles. The summed E-state index contributed by atoms with van der Waals surface area (Å²) >= 11 is 1.10. The van der Waals surface area contributed by atoms with Crippen molar-refractivity contribution in [2.45, 2.75) is 56.3 Å². The van der Waals surface area contributed by atoms with E-state index >= 15 is 0 Å². The van der Waals surface area contributed by atoms with E-state index in [-0.39, 0.29) is 17.4 Å². The number of hydrogen-bond donors (Lipinski definition) is 2. The van der Waals surface area contributed by atoms with Crippen LogP contribution in [0.4, 0.5) is 13.2 Å². The molecule has 1 aromatic carbocycles. The van der Waals surface area contributed by atoms with E-state index in [1.807, 2.05) is 0 Å². The highest BCUT2D eigenvalue weighted by molar-refractivity contribution is 7.16. The van der Waals surface area contributed by atoms with Crippen LogP contribution < -0.4 is 15.4 Å². The number of thiazole rings is 1. The monoisotopic (exact) mass is 545 g/mol. The summed E-state index contributed by atoms with van der Waals surface area (Å²) in [5, 5.41) is 19.8. The summed E-state index contributed by atoms with van der Waals surface area (Å²) in [6.07, 6.45) is -0.715. The van der Waals surface area contributed by atoms with E-state index < -0.39 is 29.5 Å². The van der Waals surface area contributed by atoms with Crippen LogP contribution in [0.25, 0.3) is 5.13 Å². The Morgan fingerprint density at radius 2 is 2.00 bits per heavy atom. The lowest BCUT2D eigenvalue weighted by atomic mass is 9.95. The lowest BCUT2D eigenvalue weighted by Gasteiger charge is -2.17. The predicted octanol–water partition coefficient (Wildman–Crippen LogP) is 3.91. The quantitative estimate of drug-likeness (QED) is 0.438. The van der Waals surface area contributed by atoms with Gasteiger partial charge in [-0.25, -0.2) is 9.97 Å². The van der Waals surface area contributed by atoms with Crippen LogP contribution in [-0.4, -0.2) is 45.0 Å². The highest BCUT2D eigenvalue weighted by Crippen LogP contribution is 2.48. The number of amides is 2. The van der Waals surface area contributed by atoms with E-state index in [1.165, 1.54) is 24.0 Å². The molecule has 2 heterocycles. The number of hydrogen-bond acceptors (Lipinski definition) is 8. The third-order valence-corrected chi connectivity index (χ3v) is 7.34. The molecular weight excluding hydrogens is 523 g/mol. The molecule has 14 heteroatoms. The van der Waals surface area contributed by atoms with Gasteiger partial charge in [-0.1, -0.05) is 11.3 Å². The van der Waals surface area contributed by atoms with Gasteiger partial charge in [0, 0.05) is 18.5 Å². The molecule has 10 nitrogen and oxygen atoms in total. The zero-order chi connectivity index (χ0) is 27.2. The van der Waals surface area contributed by atoms with Gasteiger partial charge in [0.1, 0.15) is 10.6 Å². The first kappa shape index (κ1) is 25.7. The molecule has 0 spiro atoms. The van der Waals surface area contributed by atoms with Crippen LogP contribution in [0.1, 0.15) is 81.8 Å². The Bertz CT molecular complexity index is 1450. The number of ether oxygens (including phenoxy) is 1. The van der Waals surface area contributed by atoms with Crippen molar-refractivity contribution >= 4 is 23.2 Å². The molecular formula is C24H22F3N7O3S. The van der Waals surface area contributed by atoms with Gasteiger partial charge in [0.05, 0.1) is 23.7 Å². The summed E-state index contributed by atoms with van der Waals surface area (Å²) in [4.78, 5) is 34.5. The Kier molecular flexibility index (Phi) is 6.34. The summed E-state index contributed by atoms with van der Waals surface area (Å²) in [5.41, 5.74) is -0.721. The van der Waals surface area contributed by atoms with Gasteiger partial charge in [0.15, 0.2) is 11.6 Å². The second-order valence-corrected chi connectivity index (χ2v) is 10.3. The van der Waals surface area contributed by atoms with E-state index in [0.29, 0.717) is 40.1 Å². The van der Waals surface area contributed by atoms with Crippen LogP contribution >= 0.6 is 11.3 Å². The van der Waals surface area contributed by atoms with Gasteiger partial charge in [-0.3, -0.25) is 9.59 Å². The Morgan fingerprint density at radius 1 is 1.26 bits per heavy atom. The van der Waals surface area contributed by atoms with E-state index in [2.05, 4.69) is 36.5 Å². The maximum Gasteiger partial charge on any atom is 0.573 e. The Labute approximate surface area is 218 Å². The van der Waals surface area contributed by atoms with Gasteiger partial charge >= 0.3 is 6.36 Å². The molecule has 1 atom stereocenters. The predicted molar refractivity (Wildman–Crippen MR) is 128 cm³/mol. The Morgan fingerprint density at radius 3 is 2.61 bits per heavy atom. The molecule has 3 aromatic rings. The molecule has 38 heavy (non-hydrogen) atoms. The molecule has 0 saturated heterocycles. The van der Waals surface area contributed by atoms with Crippen molar-refractivity contribution in [2.24, 2.45) is 0 Å². The van der Waals surface area contributed by atoms with Gasteiger partial charge in [-0.05, 0) is 56.4 Å². The van der Waals surface area contributed by atoms with Crippen molar-refractivity contribution in [3.8, 4) is 17.0 Å². The minimum absolute atomic E-state index is 0.0836. The largest absolute Gasteiger partial charge is 0.573 e. The molecule has 198 valence electrons. The van der Waals surface area contributed by atoms with E-state index in [9.17, 15) is 28.0 Å². The summed E-state index contributed by atoms with van der Waals surface area (Å²) in [7, 11) is 1.51. The van der Waals surface area contributed by atoms with Crippen LogP contribution in [0.3, 0.4) is 0 Å². The van der Waals surface area contributed by atoms with Crippen LogP contribution in [-0.2, 0) is 5.41 Å². The van der Waals surface area contributed by atoms with Gasteiger partial charge in [-0.2, -0.15) is 9.94 Å². The summed E-state index contributed by atoms with van der Waals surface area (Å²) in [6.45, 7) is 1.66. The number of carbonyl (C=O) groups excluding carboxylic acids is 2. The molecule has 2 fully saturated rings. The van der Waals surface area contributed by atoms with Crippen LogP contribution in [0.5, 0.6) is 5.75 Å². The number of aromatic nitrogens is 4. The van der Waals surface area contributed by atoms with Crippen molar-refractivity contribution in [1.82, 2.24) is 30.4 Å². The van der Waals surface area contributed by atoms with Gasteiger partial charge < -0.3 is 15.4 Å². The number of nitriles is 1. The number of nitrogens with zero attached hydrogens (tertiary/aromatic N) is 5. The van der Waals surface area contributed by atoms with Crippen LogP contribution in [0.2, 0.25) is 0 Å². The maximum atomic E-state index is 13.2. The zero-order valence-corrected chi connectivity index (χ0v) is 21.1. The van der Waals surface area contributed by atoms with Gasteiger partial charge in [0.25, 0.3) is 11.8 Å². The zero-order valence-electron chi connectivity index (χ0n) is 20.3. The molecule has 5 rings (SSSR count). The Hall–Kier alpha value is -3.99. The second-order valence-electron chi connectivity index (χ2n) is 9.28. The molecule has 0 radical (unpaired) electrons. The third-order valence-electron chi connectivity index (χ3n) is 6.37. The SMILES string of the molecule is CNC(=O)c1cnc(-n2nc(C3CC3)nc2[C@H](C)NC(=O)c2cc(OC(F)(F)F)cc(C3(C#N)CC3)c2)s1. The van der Waals surface area contributed by atoms with Crippen molar-refractivity contribution in [3.63, 3.8) is 0 Å². The van der Waals surface area contributed by atoms with E-state index in [4.69, 9.17) is 0 Å². The minimum atomic E-state index is -4.96. The lowest BCUT2D eigenvalue weighted by molar-refractivity contribution is -0.274.